The second-order valence-electron chi connectivity index (χ2n) is 3.37. The smallest absolute Gasteiger partial charge is 0.135 e. The number of thiophene rings is 1. The van der Waals surface area contributed by atoms with Crippen molar-refractivity contribution in [3.8, 4) is 0 Å². The highest BCUT2D eigenvalue weighted by Crippen LogP contribution is 2.12. The third-order valence-electron chi connectivity index (χ3n) is 2.15. The van der Waals surface area contributed by atoms with Crippen LogP contribution in [0.2, 0.25) is 0 Å². The molecule has 0 aliphatic heterocycles. The zero-order valence-corrected chi connectivity index (χ0v) is 9.47. The van der Waals surface area contributed by atoms with Crippen molar-refractivity contribution in [2.75, 3.05) is 7.11 Å². The molecule has 0 radical (unpaired) electrons. The summed E-state index contributed by atoms with van der Waals surface area (Å²) in [4.78, 5) is 12.7. The number of aryl methyl sites for hydroxylation is 1. The molecule has 1 aromatic rings. The zero-order valence-electron chi connectivity index (χ0n) is 8.66. The summed E-state index contributed by atoms with van der Waals surface area (Å²) in [6.45, 7) is 1.92. The van der Waals surface area contributed by atoms with Crippen LogP contribution in [0.25, 0.3) is 0 Å². The minimum Gasteiger partial charge on any atom is -0.381 e. The van der Waals surface area contributed by atoms with E-state index in [2.05, 4.69) is 6.07 Å². The first-order valence-electron chi connectivity index (χ1n) is 4.79. The molecular formula is C11H16O2S. The molecule has 0 fully saturated rings. The van der Waals surface area contributed by atoms with Crippen LogP contribution in [0.4, 0.5) is 0 Å². The van der Waals surface area contributed by atoms with E-state index in [-0.39, 0.29) is 11.9 Å². The predicted molar refractivity (Wildman–Crippen MR) is 58.7 cm³/mol. The number of carbonyl (C=O) groups is 1. The van der Waals surface area contributed by atoms with Crippen molar-refractivity contribution in [1.82, 2.24) is 0 Å². The average molecular weight is 212 g/mol. The first-order chi connectivity index (χ1) is 6.72. The Morgan fingerprint density at radius 2 is 2.43 bits per heavy atom. The third-order valence-corrected chi connectivity index (χ3v) is 3.08. The predicted octanol–water partition coefficient (Wildman–Crippen LogP) is 2.67. The number of carbonyl (C=O) groups excluding carboxylic acids is 1. The van der Waals surface area contributed by atoms with Crippen LogP contribution >= 0.6 is 11.3 Å². The lowest BCUT2D eigenvalue weighted by Gasteiger charge is -2.07. The molecule has 78 valence electrons. The highest BCUT2D eigenvalue weighted by atomic mass is 32.1. The summed E-state index contributed by atoms with van der Waals surface area (Å²) < 4.78 is 5.04. The van der Waals surface area contributed by atoms with Gasteiger partial charge in [-0.25, -0.2) is 0 Å². The van der Waals surface area contributed by atoms with Crippen LogP contribution in [0.3, 0.4) is 0 Å². The molecule has 2 nitrogen and oxygen atoms in total. The van der Waals surface area contributed by atoms with E-state index in [1.165, 1.54) is 4.88 Å². The maximum absolute atomic E-state index is 11.4. The number of rotatable bonds is 6. The van der Waals surface area contributed by atoms with Crippen molar-refractivity contribution in [2.45, 2.75) is 32.3 Å². The van der Waals surface area contributed by atoms with Gasteiger partial charge in [0.25, 0.3) is 0 Å². The number of ketones is 1. The summed E-state index contributed by atoms with van der Waals surface area (Å²) in [5.41, 5.74) is 0. The summed E-state index contributed by atoms with van der Waals surface area (Å²) in [5, 5.41) is 2.04. The van der Waals surface area contributed by atoms with E-state index in [4.69, 9.17) is 4.74 Å². The Labute approximate surface area is 88.9 Å². The summed E-state index contributed by atoms with van der Waals surface area (Å²) >= 11 is 1.71. The average Bonchev–Trinajstić information content (AvgIpc) is 2.67. The van der Waals surface area contributed by atoms with Gasteiger partial charge in [-0.3, -0.25) is 4.79 Å². The topological polar surface area (TPSA) is 26.3 Å². The van der Waals surface area contributed by atoms with E-state index >= 15 is 0 Å². The molecule has 1 rings (SSSR count). The second-order valence-corrected chi connectivity index (χ2v) is 4.40. The van der Waals surface area contributed by atoms with Crippen molar-refractivity contribution in [2.24, 2.45) is 0 Å². The Morgan fingerprint density at radius 3 is 3.00 bits per heavy atom. The van der Waals surface area contributed by atoms with Gasteiger partial charge in [0.1, 0.15) is 5.78 Å². The molecule has 0 aliphatic rings. The van der Waals surface area contributed by atoms with Crippen LogP contribution in [0, 0.1) is 0 Å². The quantitative estimate of drug-likeness (QED) is 0.724. The highest BCUT2D eigenvalue weighted by molar-refractivity contribution is 7.09. The molecule has 0 spiro atoms. The number of methoxy groups -OCH3 is 1. The first kappa shape index (κ1) is 11.4. The van der Waals surface area contributed by atoms with Crippen molar-refractivity contribution in [3.05, 3.63) is 22.4 Å². The van der Waals surface area contributed by atoms with Gasteiger partial charge >= 0.3 is 0 Å². The lowest BCUT2D eigenvalue weighted by molar-refractivity contribution is -0.121. The molecule has 0 N–H and O–H groups in total. The van der Waals surface area contributed by atoms with E-state index in [1.54, 1.807) is 18.4 Å². The van der Waals surface area contributed by atoms with Gasteiger partial charge < -0.3 is 4.74 Å². The molecule has 3 heteroatoms. The fourth-order valence-electron chi connectivity index (χ4n) is 1.22. The molecule has 0 aromatic carbocycles. The van der Waals surface area contributed by atoms with Gasteiger partial charge in [-0.15, -0.1) is 11.3 Å². The maximum Gasteiger partial charge on any atom is 0.135 e. The van der Waals surface area contributed by atoms with E-state index in [9.17, 15) is 4.79 Å². The van der Waals surface area contributed by atoms with Crippen LogP contribution in [-0.2, 0) is 16.0 Å². The lowest BCUT2D eigenvalue weighted by Crippen LogP contribution is -2.12. The minimum absolute atomic E-state index is 0.0471. The Hall–Kier alpha value is -0.670. The molecule has 0 amide bonds. The van der Waals surface area contributed by atoms with E-state index < -0.39 is 0 Å². The Morgan fingerprint density at radius 1 is 1.64 bits per heavy atom. The minimum atomic E-state index is 0.0471. The normalized spacial score (nSPS) is 12.7. The van der Waals surface area contributed by atoms with Crippen LogP contribution in [0.5, 0.6) is 0 Å². The SMILES string of the molecule is COC(C)CC(=O)CCc1cccs1. The molecule has 0 saturated carbocycles. The largest absolute Gasteiger partial charge is 0.381 e. The molecular weight excluding hydrogens is 196 g/mol. The molecule has 14 heavy (non-hydrogen) atoms. The van der Waals surface area contributed by atoms with Gasteiger partial charge in [0, 0.05) is 24.8 Å². The van der Waals surface area contributed by atoms with Crippen molar-refractivity contribution in [1.29, 1.82) is 0 Å². The highest BCUT2D eigenvalue weighted by Gasteiger charge is 2.08. The van der Waals surface area contributed by atoms with Gasteiger partial charge in [0.15, 0.2) is 0 Å². The molecule has 0 bridgehead atoms. The summed E-state index contributed by atoms with van der Waals surface area (Å²) in [6.07, 6.45) is 2.08. The fraction of sp³-hybridized carbons (Fsp3) is 0.545. The summed E-state index contributed by atoms with van der Waals surface area (Å²) in [7, 11) is 1.64. The summed E-state index contributed by atoms with van der Waals surface area (Å²) in [5.74, 6) is 0.285. The second kappa shape index (κ2) is 5.94. The maximum atomic E-state index is 11.4. The molecule has 1 heterocycles. The number of Topliss-reactive ketones (excluding diaryl/α,β-unsaturated/α-hetero) is 1. The summed E-state index contributed by atoms with van der Waals surface area (Å²) in [6, 6.07) is 4.08. The van der Waals surface area contributed by atoms with Crippen molar-refractivity contribution in [3.63, 3.8) is 0 Å². The lowest BCUT2D eigenvalue weighted by atomic mass is 10.1. The molecule has 1 aromatic heterocycles. The Kier molecular flexibility index (Phi) is 4.84. The van der Waals surface area contributed by atoms with Crippen LogP contribution in [-0.4, -0.2) is 19.0 Å². The molecule has 0 aliphatic carbocycles. The van der Waals surface area contributed by atoms with Gasteiger partial charge in [0.05, 0.1) is 6.10 Å². The van der Waals surface area contributed by atoms with Crippen LogP contribution in [0.1, 0.15) is 24.6 Å². The van der Waals surface area contributed by atoms with Crippen LogP contribution < -0.4 is 0 Å². The van der Waals surface area contributed by atoms with E-state index in [1.807, 2.05) is 18.4 Å². The van der Waals surface area contributed by atoms with Crippen molar-refractivity contribution < 1.29 is 9.53 Å². The number of hydrogen-bond donors (Lipinski definition) is 0. The number of hydrogen-bond acceptors (Lipinski definition) is 3. The van der Waals surface area contributed by atoms with Gasteiger partial charge in [-0.2, -0.15) is 0 Å². The third kappa shape index (κ3) is 4.03. The van der Waals surface area contributed by atoms with Gasteiger partial charge in [-0.05, 0) is 24.8 Å². The standard InChI is InChI=1S/C11H16O2S/c1-9(13-2)8-10(12)5-6-11-4-3-7-14-11/h3-4,7,9H,5-6,8H2,1-2H3. The first-order valence-corrected chi connectivity index (χ1v) is 5.67. The molecule has 0 saturated heterocycles. The van der Waals surface area contributed by atoms with Crippen molar-refractivity contribution >= 4 is 17.1 Å². The van der Waals surface area contributed by atoms with Gasteiger partial charge in [0.2, 0.25) is 0 Å². The van der Waals surface area contributed by atoms with Crippen LogP contribution in [0.15, 0.2) is 17.5 Å². The fourth-order valence-corrected chi connectivity index (χ4v) is 1.93. The zero-order chi connectivity index (χ0) is 10.4. The monoisotopic (exact) mass is 212 g/mol. The molecule has 1 unspecified atom stereocenters. The Bertz CT molecular complexity index is 267. The van der Waals surface area contributed by atoms with E-state index in [0.29, 0.717) is 12.8 Å². The van der Waals surface area contributed by atoms with E-state index in [0.717, 1.165) is 6.42 Å². The molecule has 1 atom stereocenters. The Balaban J connectivity index is 2.22. The van der Waals surface area contributed by atoms with Gasteiger partial charge in [-0.1, -0.05) is 6.07 Å². The number of ether oxygens (including phenoxy) is 1.